The van der Waals surface area contributed by atoms with Crippen molar-refractivity contribution in [2.75, 3.05) is 45.8 Å². The minimum Gasteiger partial charge on any atom is -0.342 e. The standard InChI is InChI=1S/C19H28FN3O3S/c20-18-7-5-17(6-8-18)16-27(25,26)23-13-11-21(12-14-23)15-19(24)22-9-3-1-2-4-10-22/h5-8H,1-4,9-16H2. The van der Waals surface area contributed by atoms with Gasteiger partial charge in [-0.05, 0) is 30.5 Å². The Bertz CT molecular complexity index is 723. The number of likely N-dealkylation sites (tertiary alicyclic amines) is 1. The smallest absolute Gasteiger partial charge is 0.236 e. The molecule has 2 aliphatic rings. The minimum atomic E-state index is -3.44. The summed E-state index contributed by atoms with van der Waals surface area (Å²) in [7, 11) is -3.44. The van der Waals surface area contributed by atoms with Crippen LogP contribution < -0.4 is 0 Å². The van der Waals surface area contributed by atoms with Gasteiger partial charge < -0.3 is 4.90 Å². The Hall–Kier alpha value is -1.51. The normalized spacial score (nSPS) is 20.4. The first-order valence-electron chi connectivity index (χ1n) is 9.66. The molecule has 2 heterocycles. The second-order valence-electron chi connectivity index (χ2n) is 7.35. The van der Waals surface area contributed by atoms with Gasteiger partial charge in [-0.2, -0.15) is 4.31 Å². The summed E-state index contributed by atoms with van der Waals surface area (Å²) in [5.41, 5.74) is 0.579. The van der Waals surface area contributed by atoms with Crippen LogP contribution >= 0.6 is 0 Å². The highest BCUT2D eigenvalue weighted by atomic mass is 32.2. The third kappa shape index (κ3) is 5.73. The van der Waals surface area contributed by atoms with Crippen LogP contribution in [0.2, 0.25) is 0 Å². The van der Waals surface area contributed by atoms with E-state index in [4.69, 9.17) is 0 Å². The van der Waals surface area contributed by atoms with E-state index in [1.165, 1.54) is 41.4 Å². The highest BCUT2D eigenvalue weighted by Gasteiger charge is 2.28. The van der Waals surface area contributed by atoms with Crippen LogP contribution in [0.5, 0.6) is 0 Å². The van der Waals surface area contributed by atoms with Crippen LogP contribution in [0.25, 0.3) is 0 Å². The van der Waals surface area contributed by atoms with Crippen molar-refractivity contribution >= 4 is 15.9 Å². The lowest BCUT2D eigenvalue weighted by molar-refractivity contribution is -0.132. The maximum atomic E-state index is 13.0. The molecule has 2 fully saturated rings. The number of sulfonamides is 1. The van der Waals surface area contributed by atoms with Crippen molar-refractivity contribution in [3.8, 4) is 0 Å². The molecule has 0 atom stereocenters. The number of hydrogen-bond donors (Lipinski definition) is 0. The zero-order valence-corrected chi connectivity index (χ0v) is 16.5. The summed E-state index contributed by atoms with van der Waals surface area (Å²) in [5, 5.41) is 0. The maximum Gasteiger partial charge on any atom is 0.236 e. The summed E-state index contributed by atoms with van der Waals surface area (Å²) in [6.07, 6.45) is 4.52. The van der Waals surface area contributed by atoms with E-state index in [9.17, 15) is 17.6 Å². The summed E-state index contributed by atoms with van der Waals surface area (Å²) in [5.74, 6) is -0.349. The van der Waals surface area contributed by atoms with Gasteiger partial charge in [-0.1, -0.05) is 25.0 Å². The fourth-order valence-corrected chi connectivity index (χ4v) is 5.18. The van der Waals surface area contributed by atoms with Crippen LogP contribution in [0, 0.1) is 5.82 Å². The summed E-state index contributed by atoms with van der Waals surface area (Å²) in [6, 6.07) is 5.56. The topological polar surface area (TPSA) is 60.9 Å². The third-order valence-electron chi connectivity index (χ3n) is 5.30. The van der Waals surface area contributed by atoms with Crippen LogP contribution in [0.4, 0.5) is 4.39 Å². The van der Waals surface area contributed by atoms with Crippen LogP contribution in [0.1, 0.15) is 31.2 Å². The molecule has 1 amide bonds. The molecule has 8 heteroatoms. The first kappa shape index (κ1) is 20.2. The van der Waals surface area contributed by atoms with Crippen LogP contribution in [0.15, 0.2) is 24.3 Å². The predicted octanol–water partition coefficient (Wildman–Crippen LogP) is 1.68. The van der Waals surface area contributed by atoms with Gasteiger partial charge in [0.2, 0.25) is 15.9 Å². The molecule has 0 aliphatic carbocycles. The van der Waals surface area contributed by atoms with E-state index in [-0.39, 0.29) is 17.5 Å². The van der Waals surface area contributed by atoms with Gasteiger partial charge in [0.15, 0.2) is 0 Å². The molecule has 150 valence electrons. The van der Waals surface area contributed by atoms with Gasteiger partial charge in [0.05, 0.1) is 12.3 Å². The van der Waals surface area contributed by atoms with E-state index in [1.54, 1.807) is 0 Å². The average Bonchev–Trinajstić information content (AvgIpc) is 2.93. The molecule has 1 aromatic rings. The summed E-state index contributed by atoms with van der Waals surface area (Å²) >= 11 is 0. The van der Waals surface area contributed by atoms with Crippen molar-refractivity contribution in [2.24, 2.45) is 0 Å². The van der Waals surface area contributed by atoms with Gasteiger partial charge in [0, 0.05) is 39.3 Å². The monoisotopic (exact) mass is 397 g/mol. The van der Waals surface area contributed by atoms with E-state index < -0.39 is 10.0 Å². The van der Waals surface area contributed by atoms with Crippen LogP contribution in [-0.2, 0) is 20.6 Å². The van der Waals surface area contributed by atoms with E-state index in [1.807, 2.05) is 9.80 Å². The molecule has 2 aliphatic heterocycles. The number of hydrogen-bond acceptors (Lipinski definition) is 4. The molecule has 0 N–H and O–H groups in total. The molecule has 1 aromatic carbocycles. The number of halogens is 1. The van der Waals surface area contributed by atoms with Gasteiger partial charge in [-0.15, -0.1) is 0 Å². The molecule has 0 radical (unpaired) electrons. The maximum absolute atomic E-state index is 13.0. The number of benzene rings is 1. The summed E-state index contributed by atoms with van der Waals surface area (Å²) in [4.78, 5) is 16.5. The lowest BCUT2D eigenvalue weighted by Gasteiger charge is -2.34. The molecule has 0 spiro atoms. The fraction of sp³-hybridized carbons (Fsp3) is 0.632. The Morgan fingerprint density at radius 1 is 0.889 bits per heavy atom. The van der Waals surface area contributed by atoms with Crippen molar-refractivity contribution in [1.82, 2.24) is 14.1 Å². The molecule has 0 bridgehead atoms. The van der Waals surface area contributed by atoms with E-state index in [0.29, 0.717) is 38.3 Å². The lowest BCUT2D eigenvalue weighted by Crippen LogP contribution is -2.51. The Kier molecular flexibility index (Phi) is 6.83. The lowest BCUT2D eigenvalue weighted by atomic mass is 10.2. The Morgan fingerprint density at radius 3 is 2.07 bits per heavy atom. The second-order valence-corrected chi connectivity index (χ2v) is 9.32. The number of rotatable bonds is 5. The van der Waals surface area contributed by atoms with E-state index >= 15 is 0 Å². The fourth-order valence-electron chi connectivity index (χ4n) is 3.66. The van der Waals surface area contributed by atoms with Crippen LogP contribution in [0.3, 0.4) is 0 Å². The zero-order chi connectivity index (χ0) is 19.3. The number of piperazine rings is 1. The summed E-state index contributed by atoms with van der Waals surface area (Å²) < 4.78 is 39.6. The molecule has 27 heavy (non-hydrogen) atoms. The predicted molar refractivity (Wildman–Crippen MR) is 102 cm³/mol. The molecule has 0 saturated carbocycles. The number of amides is 1. The van der Waals surface area contributed by atoms with Gasteiger partial charge in [-0.3, -0.25) is 9.69 Å². The summed E-state index contributed by atoms with van der Waals surface area (Å²) in [6.45, 7) is 3.93. The van der Waals surface area contributed by atoms with Crippen molar-refractivity contribution in [2.45, 2.75) is 31.4 Å². The van der Waals surface area contributed by atoms with Crippen molar-refractivity contribution in [1.29, 1.82) is 0 Å². The van der Waals surface area contributed by atoms with Gasteiger partial charge in [0.25, 0.3) is 0 Å². The number of nitrogens with zero attached hydrogens (tertiary/aromatic N) is 3. The minimum absolute atomic E-state index is 0.125. The Morgan fingerprint density at radius 2 is 1.48 bits per heavy atom. The van der Waals surface area contributed by atoms with Crippen molar-refractivity contribution in [3.63, 3.8) is 0 Å². The van der Waals surface area contributed by atoms with Gasteiger partial charge in [0.1, 0.15) is 5.82 Å². The number of carbonyl (C=O) groups excluding carboxylic acids is 1. The molecule has 2 saturated heterocycles. The van der Waals surface area contributed by atoms with Crippen LogP contribution in [-0.4, -0.2) is 74.2 Å². The third-order valence-corrected chi connectivity index (χ3v) is 7.15. The highest BCUT2D eigenvalue weighted by Crippen LogP contribution is 2.15. The SMILES string of the molecule is O=C(CN1CCN(S(=O)(=O)Cc2ccc(F)cc2)CC1)N1CCCCCC1. The van der Waals surface area contributed by atoms with Gasteiger partial charge in [-0.25, -0.2) is 12.8 Å². The Labute approximate surface area is 161 Å². The van der Waals surface area contributed by atoms with Crippen molar-refractivity contribution < 1.29 is 17.6 Å². The molecular weight excluding hydrogens is 369 g/mol. The second kappa shape index (κ2) is 9.12. The Balaban J connectivity index is 1.48. The first-order valence-corrected chi connectivity index (χ1v) is 11.3. The highest BCUT2D eigenvalue weighted by molar-refractivity contribution is 7.88. The molecule has 0 unspecified atom stereocenters. The molecule has 0 aromatic heterocycles. The molecule has 3 rings (SSSR count). The zero-order valence-electron chi connectivity index (χ0n) is 15.6. The number of carbonyl (C=O) groups is 1. The molecular formula is C19H28FN3O3S. The average molecular weight is 398 g/mol. The van der Waals surface area contributed by atoms with Crippen molar-refractivity contribution in [3.05, 3.63) is 35.6 Å². The largest absolute Gasteiger partial charge is 0.342 e. The van der Waals surface area contributed by atoms with E-state index in [2.05, 4.69) is 0 Å². The quantitative estimate of drug-likeness (QED) is 0.758. The molecule has 6 nitrogen and oxygen atoms in total. The first-order chi connectivity index (χ1) is 12.9. The van der Waals surface area contributed by atoms with Gasteiger partial charge >= 0.3 is 0 Å². The van der Waals surface area contributed by atoms with E-state index in [0.717, 1.165) is 25.9 Å².